The molecule has 0 unspecified atom stereocenters. The number of aromatic nitrogens is 3. The van der Waals surface area contributed by atoms with Gasteiger partial charge in [-0.2, -0.15) is 0 Å². The summed E-state index contributed by atoms with van der Waals surface area (Å²) in [6, 6.07) is 5.84. The number of rotatable bonds is 3. The summed E-state index contributed by atoms with van der Waals surface area (Å²) in [6.45, 7) is 16.9. The highest BCUT2D eigenvalue weighted by Gasteiger charge is 2.07. The first-order valence-electron chi connectivity index (χ1n) is 10.0. The van der Waals surface area contributed by atoms with Gasteiger partial charge in [-0.3, -0.25) is 9.98 Å². The zero-order valence-electron chi connectivity index (χ0n) is 18.7. The van der Waals surface area contributed by atoms with Crippen LogP contribution in [0.3, 0.4) is 0 Å². The van der Waals surface area contributed by atoms with Gasteiger partial charge in [0.05, 0.1) is 6.54 Å². The number of hydrogen-bond donors (Lipinski definition) is 1. The SMILES string of the molecule is CC.CC.CC.CCc1ccc(-c2nccc(NC3=NCC(C)=C3)n2)cn1.[B]. The minimum Gasteiger partial charge on any atom is -0.325 e. The molecule has 151 valence electrons. The van der Waals surface area contributed by atoms with Crippen molar-refractivity contribution in [3.63, 3.8) is 0 Å². The summed E-state index contributed by atoms with van der Waals surface area (Å²) in [7, 11) is 0. The molecule has 1 N–H and O–H groups in total. The van der Waals surface area contributed by atoms with Gasteiger partial charge >= 0.3 is 0 Å². The monoisotopic (exact) mass is 380 g/mol. The third kappa shape index (κ3) is 8.93. The summed E-state index contributed by atoms with van der Waals surface area (Å²) in [5, 5.41) is 3.21. The lowest BCUT2D eigenvalue weighted by atomic mass is 10.2. The molecule has 3 heterocycles. The molecule has 1 aliphatic heterocycles. The van der Waals surface area contributed by atoms with E-state index in [4.69, 9.17) is 0 Å². The Labute approximate surface area is 173 Å². The average molecular weight is 380 g/mol. The zero-order valence-corrected chi connectivity index (χ0v) is 18.7. The summed E-state index contributed by atoms with van der Waals surface area (Å²) in [5.41, 5.74) is 3.22. The molecule has 3 radical (unpaired) electrons. The van der Waals surface area contributed by atoms with Crippen LogP contribution >= 0.6 is 0 Å². The molecule has 0 fully saturated rings. The van der Waals surface area contributed by atoms with E-state index in [0.717, 1.165) is 35.9 Å². The van der Waals surface area contributed by atoms with Crippen molar-refractivity contribution in [3.8, 4) is 11.4 Å². The largest absolute Gasteiger partial charge is 0.325 e. The highest BCUT2D eigenvalue weighted by Crippen LogP contribution is 2.16. The summed E-state index contributed by atoms with van der Waals surface area (Å²) in [4.78, 5) is 17.6. The van der Waals surface area contributed by atoms with Crippen LogP contribution in [-0.4, -0.2) is 35.7 Å². The molecule has 1 aliphatic rings. The van der Waals surface area contributed by atoms with Crippen molar-refractivity contribution in [2.24, 2.45) is 4.99 Å². The van der Waals surface area contributed by atoms with E-state index in [9.17, 15) is 0 Å². The second-order valence-electron chi connectivity index (χ2n) is 4.97. The lowest BCUT2D eigenvalue weighted by Crippen LogP contribution is -2.09. The maximum Gasteiger partial charge on any atom is 0.163 e. The highest BCUT2D eigenvalue weighted by molar-refractivity contribution is 6.05. The number of nitrogens with zero attached hydrogens (tertiary/aromatic N) is 4. The topological polar surface area (TPSA) is 63.1 Å². The molecular formula is C22H35BN5. The Bertz CT molecular complexity index is 709. The van der Waals surface area contributed by atoms with Crippen molar-refractivity contribution in [2.45, 2.75) is 61.8 Å². The van der Waals surface area contributed by atoms with Crippen LogP contribution in [0.4, 0.5) is 5.82 Å². The lowest BCUT2D eigenvalue weighted by Gasteiger charge is -2.06. The molecule has 3 rings (SSSR count). The van der Waals surface area contributed by atoms with E-state index in [0.29, 0.717) is 5.82 Å². The summed E-state index contributed by atoms with van der Waals surface area (Å²) in [6.07, 6.45) is 6.51. The maximum atomic E-state index is 4.51. The zero-order chi connectivity index (χ0) is 20.7. The smallest absolute Gasteiger partial charge is 0.163 e. The Balaban J connectivity index is 0. The van der Waals surface area contributed by atoms with Crippen LogP contribution in [0.1, 0.15) is 61.1 Å². The van der Waals surface area contributed by atoms with E-state index in [2.05, 4.69) is 39.1 Å². The number of aryl methyl sites for hydroxylation is 1. The lowest BCUT2D eigenvalue weighted by molar-refractivity contribution is 1.03. The minimum atomic E-state index is 0. The molecule has 2 aromatic rings. The van der Waals surface area contributed by atoms with Gasteiger partial charge in [-0.05, 0) is 43.2 Å². The van der Waals surface area contributed by atoms with E-state index in [-0.39, 0.29) is 8.41 Å². The number of anilines is 1. The van der Waals surface area contributed by atoms with E-state index in [1.807, 2.05) is 72.0 Å². The molecule has 0 aliphatic carbocycles. The molecule has 0 saturated heterocycles. The van der Waals surface area contributed by atoms with Crippen LogP contribution in [0.25, 0.3) is 11.4 Å². The van der Waals surface area contributed by atoms with Crippen LogP contribution in [-0.2, 0) is 6.42 Å². The van der Waals surface area contributed by atoms with E-state index < -0.39 is 0 Å². The third-order valence-corrected chi connectivity index (χ3v) is 3.24. The molecule has 5 nitrogen and oxygen atoms in total. The molecule has 0 atom stereocenters. The molecule has 28 heavy (non-hydrogen) atoms. The molecule has 0 saturated carbocycles. The predicted octanol–water partition coefficient (Wildman–Crippen LogP) is 5.57. The predicted molar refractivity (Wildman–Crippen MR) is 124 cm³/mol. The van der Waals surface area contributed by atoms with E-state index in [1.165, 1.54) is 5.57 Å². The summed E-state index contributed by atoms with van der Waals surface area (Å²) in [5.74, 6) is 2.25. The van der Waals surface area contributed by atoms with Gasteiger partial charge < -0.3 is 5.32 Å². The Hall–Kier alpha value is -2.50. The van der Waals surface area contributed by atoms with Crippen LogP contribution in [0, 0.1) is 0 Å². The first kappa shape index (κ1) is 27.7. The van der Waals surface area contributed by atoms with Gasteiger partial charge in [-0.1, -0.05) is 48.5 Å². The van der Waals surface area contributed by atoms with Crippen LogP contribution in [0.2, 0.25) is 0 Å². The Morgan fingerprint density at radius 3 is 2.14 bits per heavy atom. The highest BCUT2D eigenvalue weighted by atomic mass is 15.1. The molecular weight excluding hydrogens is 345 g/mol. The second kappa shape index (κ2) is 16.7. The number of hydrogen-bond acceptors (Lipinski definition) is 5. The molecule has 0 amide bonds. The van der Waals surface area contributed by atoms with E-state index in [1.54, 1.807) is 6.20 Å². The number of pyridine rings is 1. The normalized spacial score (nSPS) is 11.0. The number of amidine groups is 1. The maximum absolute atomic E-state index is 4.51. The molecule has 0 spiro atoms. The fourth-order valence-electron chi connectivity index (χ4n) is 2.07. The molecule has 0 aromatic carbocycles. The number of aliphatic imine (C=N–C) groups is 1. The van der Waals surface area contributed by atoms with Crippen molar-refractivity contribution in [3.05, 3.63) is 47.9 Å². The van der Waals surface area contributed by atoms with E-state index >= 15 is 0 Å². The summed E-state index contributed by atoms with van der Waals surface area (Å²) < 4.78 is 0. The van der Waals surface area contributed by atoms with Gasteiger partial charge in [0, 0.05) is 32.1 Å². The first-order chi connectivity index (χ1) is 13.2. The van der Waals surface area contributed by atoms with Gasteiger partial charge in [-0.15, -0.1) is 0 Å². The Morgan fingerprint density at radius 2 is 1.64 bits per heavy atom. The molecule has 2 aromatic heterocycles. The van der Waals surface area contributed by atoms with Gasteiger partial charge in [0.15, 0.2) is 5.82 Å². The van der Waals surface area contributed by atoms with Gasteiger partial charge in [0.25, 0.3) is 0 Å². The fourth-order valence-corrected chi connectivity index (χ4v) is 2.07. The standard InChI is InChI=1S/C16H17N5.3C2H6.B/c1-3-13-5-4-12(10-18-13)16-17-7-6-14(21-16)20-15-8-11(2)9-19-15;3*1-2;/h4-8,10H,3,9H2,1-2H3,(H,17,19,20,21);3*1-2H3;. The number of nitrogens with one attached hydrogen (secondary N) is 1. The average Bonchev–Trinajstić information content (AvgIpc) is 3.17. The van der Waals surface area contributed by atoms with Crippen LogP contribution in [0.15, 0.2) is 47.2 Å². The molecule has 6 heteroatoms. The third-order valence-electron chi connectivity index (χ3n) is 3.24. The van der Waals surface area contributed by atoms with Crippen LogP contribution < -0.4 is 5.32 Å². The van der Waals surface area contributed by atoms with Crippen LogP contribution in [0.5, 0.6) is 0 Å². The van der Waals surface area contributed by atoms with Crippen molar-refractivity contribution >= 4 is 20.1 Å². The van der Waals surface area contributed by atoms with Crippen molar-refractivity contribution in [2.75, 3.05) is 11.9 Å². The fraction of sp³-hybridized carbons (Fsp3) is 0.455. The van der Waals surface area contributed by atoms with Gasteiger partial charge in [0.2, 0.25) is 0 Å². The quantitative estimate of drug-likeness (QED) is 0.707. The van der Waals surface area contributed by atoms with Crippen molar-refractivity contribution < 1.29 is 0 Å². The van der Waals surface area contributed by atoms with Gasteiger partial charge in [0.1, 0.15) is 11.7 Å². The minimum absolute atomic E-state index is 0. The van der Waals surface area contributed by atoms with Gasteiger partial charge in [-0.25, -0.2) is 9.97 Å². The van der Waals surface area contributed by atoms with Crippen molar-refractivity contribution in [1.82, 2.24) is 15.0 Å². The first-order valence-corrected chi connectivity index (χ1v) is 10.0. The second-order valence-corrected chi connectivity index (χ2v) is 4.97. The summed E-state index contributed by atoms with van der Waals surface area (Å²) >= 11 is 0. The Kier molecular flexibility index (Phi) is 16.5. The molecule has 0 bridgehead atoms. The van der Waals surface area contributed by atoms with Crippen molar-refractivity contribution in [1.29, 1.82) is 0 Å². The Morgan fingerprint density at radius 1 is 0.964 bits per heavy atom.